The molecule has 3 heterocycles. The minimum absolute atomic E-state index is 0.238. The van der Waals surface area contributed by atoms with Gasteiger partial charge in [0.2, 0.25) is 0 Å². The highest BCUT2D eigenvalue weighted by Crippen LogP contribution is 2.30. The fraction of sp³-hybridized carbons (Fsp3) is 0.571. The summed E-state index contributed by atoms with van der Waals surface area (Å²) in [6, 6.07) is 2.50. The van der Waals surface area contributed by atoms with Crippen LogP contribution in [0.4, 0.5) is 5.82 Å². The molecule has 0 bridgehead atoms. The first-order chi connectivity index (χ1) is 9.29. The summed E-state index contributed by atoms with van der Waals surface area (Å²) in [5.41, 5.74) is 2.00. The first-order valence-electron chi connectivity index (χ1n) is 6.97. The lowest BCUT2D eigenvalue weighted by atomic mass is 9.99. The Hall–Kier alpha value is -1.62. The van der Waals surface area contributed by atoms with Crippen molar-refractivity contribution in [3.8, 4) is 0 Å². The van der Waals surface area contributed by atoms with E-state index in [0.717, 1.165) is 41.9 Å². The zero-order valence-electron chi connectivity index (χ0n) is 11.3. The Morgan fingerprint density at radius 2 is 2.32 bits per heavy atom. The number of hydrogen-bond acceptors (Lipinski definition) is 4. The second-order valence-electron chi connectivity index (χ2n) is 5.27. The highest BCUT2D eigenvalue weighted by atomic mass is 16.3. The van der Waals surface area contributed by atoms with Gasteiger partial charge in [-0.3, -0.25) is 0 Å². The Morgan fingerprint density at radius 3 is 3.16 bits per heavy atom. The maximum Gasteiger partial charge on any atom is 0.143 e. The van der Waals surface area contributed by atoms with Gasteiger partial charge in [-0.05, 0) is 38.7 Å². The summed E-state index contributed by atoms with van der Waals surface area (Å²) in [4.78, 5) is 14.4. The topological polar surface area (TPSA) is 65.0 Å². The average molecular weight is 260 g/mol. The second-order valence-corrected chi connectivity index (χ2v) is 5.27. The number of aromatic nitrogens is 3. The van der Waals surface area contributed by atoms with Gasteiger partial charge < -0.3 is 15.0 Å². The lowest BCUT2D eigenvalue weighted by Crippen LogP contribution is -2.40. The molecule has 1 aliphatic heterocycles. The number of nitrogens with zero attached hydrogens (tertiary/aromatic N) is 3. The van der Waals surface area contributed by atoms with Crippen molar-refractivity contribution in [1.29, 1.82) is 0 Å². The zero-order chi connectivity index (χ0) is 13.2. The summed E-state index contributed by atoms with van der Waals surface area (Å²) in [5, 5.41) is 10.3. The molecule has 1 saturated heterocycles. The van der Waals surface area contributed by atoms with E-state index in [4.69, 9.17) is 0 Å². The SMILES string of the molecule is Cc1cc2c(N3CCCCC3CCO)ncnc2[nH]1. The molecule has 102 valence electrons. The average Bonchev–Trinajstić information content (AvgIpc) is 2.80. The van der Waals surface area contributed by atoms with Crippen LogP contribution in [-0.2, 0) is 0 Å². The summed E-state index contributed by atoms with van der Waals surface area (Å²) in [6.07, 6.45) is 6.00. The first kappa shape index (κ1) is 12.4. The van der Waals surface area contributed by atoms with Gasteiger partial charge in [0.1, 0.15) is 17.8 Å². The van der Waals surface area contributed by atoms with Gasteiger partial charge in [-0.2, -0.15) is 0 Å². The maximum atomic E-state index is 9.23. The van der Waals surface area contributed by atoms with E-state index in [9.17, 15) is 5.11 Å². The van der Waals surface area contributed by atoms with Crippen LogP contribution >= 0.6 is 0 Å². The molecule has 5 heteroatoms. The second kappa shape index (κ2) is 5.17. The Morgan fingerprint density at radius 1 is 1.42 bits per heavy atom. The van der Waals surface area contributed by atoms with Gasteiger partial charge in [0, 0.05) is 24.9 Å². The van der Waals surface area contributed by atoms with Crippen LogP contribution < -0.4 is 4.90 Å². The summed E-state index contributed by atoms with van der Waals surface area (Å²) in [7, 11) is 0. The Kier molecular flexibility index (Phi) is 3.38. The number of aryl methyl sites for hydroxylation is 1. The number of hydrogen-bond donors (Lipinski definition) is 2. The molecule has 1 aliphatic rings. The maximum absolute atomic E-state index is 9.23. The van der Waals surface area contributed by atoms with Crippen molar-refractivity contribution in [3.05, 3.63) is 18.1 Å². The molecule has 0 spiro atoms. The normalized spacial score (nSPS) is 20.1. The van der Waals surface area contributed by atoms with Gasteiger partial charge in [0.05, 0.1) is 5.39 Å². The number of aliphatic hydroxyl groups excluding tert-OH is 1. The van der Waals surface area contributed by atoms with E-state index < -0.39 is 0 Å². The minimum atomic E-state index is 0.238. The molecule has 2 N–H and O–H groups in total. The molecule has 0 aromatic carbocycles. The number of H-pyrrole nitrogens is 1. The van der Waals surface area contributed by atoms with Gasteiger partial charge in [-0.15, -0.1) is 0 Å². The van der Waals surface area contributed by atoms with E-state index in [1.807, 2.05) is 6.92 Å². The van der Waals surface area contributed by atoms with Crippen molar-refractivity contribution in [2.24, 2.45) is 0 Å². The lowest BCUT2D eigenvalue weighted by Gasteiger charge is -2.36. The van der Waals surface area contributed by atoms with Crippen molar-refractivity contribution in [3.63, 3.8) is 0 Å². The highest BCUT2D eigenvalue weighted by Gasteiger charge is 2.25. The fourth-order valence-electron chi connectivity index (χ4n) is 3.02. The monoisotopic (exact) mass is 260 g/mol. The molecule has 1 unspecified atom stereocenters. The number of anilines is 1. The largest absolute Gasteiger partial charge is 0.396 e. The van der Waals surface area contributed by atoms with Gasteiger partial charge in [0.25, 0.3) is 0 Å². The quantitative estimate of drug-likeness (QED) is 0.886. The minimum Gasteiger partial charge on any atom is -0.396 e. The van der Waals surface area contributed by atoms with E-state index in [-0.39, 0.29) is 6.61 Å². The molecule has 1 fully saturated rings. The number of rotatable bonds is 3. The van der Waals surface area contributed by atoms with E-state index in [0.29, 0.717) is 6.04 Å². The standard InChI is InChI=1S/C14H20N4O/c1-10-8-12-13(17-10)15-9-16-14(12)18-6-3-2-4-11(18)5-7-19/h8-9,11,19H,2-7H2,1H3,(H,15,16,17). The third-order valence-corrected chi connectivity index (χ3v) is 3.90. The van der Waals surface area contributed by atoms with Gasteiger partial charge >= 0.3 is 0 Å². The Bertz CT molecular complexity index is 564. The molecule has 0 amide bonds. The molecule has 2 aromatic heterocycles. The molecule has 19 heavy (non-hydrogen) atoms. The summed E-state index contributed by atoms with van der Waals surface area (Å²) in [5.74, 6) is 1.01. The smallest absolute Gasteiger partial charge is 0.143 e. The number of fused-ring (bicyclic) bond motifs is 1. The molecule has 0 saturated carbocycles. The molecule has 3 rings (SSSR count). The lowest BCUT2D eigenvalue weighted by molar-refractivity contribution is 0.262. The van der Waals surface area contributed by atoms with Crippen LogP contribution in [0.15, 0.2) is 12.4 Å². The molecule has 2 aromatic rings. The molecular formula is C14H20N4O. The van der Waals surface area contributed by atoms with Gasteiger partial charge in [-0.1, -0.05) is 0 Å². The van der Waals surface area contributed by atoms with Crippen LogP contribution in [0.1, 0.15) is 31.4 Å². The molecule has 1 atom stereocenters. The van der Waals surface area contributed by atoms with Crippen molar-refractivity contribution in [2.45, 2.75) is 38.6 Å². The van der Waals surface area contributed by atoms with E-state index in [1.165, 1.54) is 12.8 Å². The Balaban J connectivity index is 2.01. The third kappa shape index (κ3) is 2.30. The molecular weight excluding hydrogens is 240 g/mol. The van der Waals surface area contributed by atoms with Crippen LogP contribution in [0.2, 0.25) is 0 Å². The third-order valence-electron chi connectivity index (χ3n) is 3.90. The van der Waals surface area contributed by atoms with Gasteiger partial charge in [-0.25, -0.2) is 9.97 Å². The van der Waals surface area contributed by atoms with Crippen molar-refractivity contribution in [2.75, 3.05) is 18.1 Å². The molecule has 0 radical (unpaired) electrons. The van der Waals surface area contributed by atoms with E-state index >= 15 is 0 Å². The summed E-state index contributed by atoms with van der Waals surface area (Å²) >= 11 is 0. The van der Waals surface area contributed by atoms with Crippen molar-refractivity contribution >= 4 is 16.9 Å². The Labute approximate surface area is 112 Å². The zero-order valence-corrected chi connectivity index (χ0v) is 11.3. The highest BCUT2D eigenvalue weighted by molar-refractivity contribution is 5.88. The predicted octanol–water partition coefficient (Wildman–Crippen LogP) is 2.01. The predicted molar refractivity (Wildman–Crippen MR) is 75.3 cm³/mol. The van der Waals surface area contributed by atoms with Crippen LogP contribution in [0.3, 0.4) is 0 Å². The number of aliphatic hydroxyl groups is 1. The summed E-state index contributed by atoms with van der Waals surface area (Å²) in [6.45, 7) is 3.29. The molecule has 5 nitrogen and oxygen atoms in total. The van der Waals surface area contributed by atoms with E-state index in [1.54, 1.807) is 6.33 Å². The molecule has 0 aliphatic carbocycles. The first-order valence-corrected chi connectivity index (χ1v) is 6.97. The number of nitrogens with one attached hydrogen (secondary N) is 1. The number of aromatic amines is 1. The van der Waals surface area contributed by atoms with Crippen LogP contribution in [-0.4, -0.2) is 39.3 Å². The van der Waals surface area contributed by atoms with Crippen LogP contribution in [0, 0.1) is 6.92 Å². The van der Waals surface area contributed by atoms with Crippen LogP contribution in [0.5, 0.6) is 0 Å². The van der Waals surface area contributed by atoms with E-state index in [2.05, 4.69) is 25.9 Å². The van der Waals surface area contributed by atoms with Gasteiger partial charge in [0.15, 0.2) is 0 Å². The van der Waals surface area contributed by atoms with Crippen molar-refractivity contribution < 1.29 is 5.11 Å². The van der Waals surface area contributed by atoms with Crippen LogP contribution in [0.25, 0.3) is 11.0 Å². The van der Waals surface area contributed by atoms with Crippen molar-refractivity contribution in [1.82, 2.24) is 15.0 Å². The summed E-state index contributed by atoms with van der Waals surface area (Å²) < 4.78 is 0. The fourth-order valence-corrected chi connectivity index (χ4v) is 3.02. The number of piperidine rings is 1.